The highest BCUT2D eigenvalue weighted by atomic mass is 79.9. The zero-order valence-corrected chi connectivity index (χ0v) is 11.3. The summed E-state index contributed by atoms with van der Waals surface area (Å²) >= 11 is 3.26. The van der Waals surface area contributed by atoms with Crippen LogP contribution in [-0.2, 0) is 0 Å². The van der Waals surface area contributed by atoms with Gasteiger partial charge in [-0.1, -0.05) is 0 Å². The maximum absolute atomic E-state index is 13.4. The van der Waals surface area contributed by atoms with E-state index < -0.39 is 23.4 Å². The van der Waals surface area contributed by atoms with Gasteiger partial charge >= 0.3 is 0 Å². The van der Waals surface area contributed by atoms with E-state index >= 15 is 0 Å². The molecule has 0 atom stereocenters. The second kappa shape index (κ2) is 5.48. The molecule has 1 N–H and O–H groups in total. The van der Waals surface area contributed by atoms with Crippen LogP contribution in [0.4, 0.5) is 24.7 Å². The highest BCUT2D eigenvalue weighted by Gasteiger charge is 2.12. The highest BCUT2D eigenvalue weighted by Crippen LogP contribution is 2.29. The summed E-state index contributed by atoms with van der Waals surface area (Å²) in [6.07, 6.45) is 0. The first-order chi connectivity index (χ1) is 9.01. The molecule has 0 bridgehead atoms. The fraction of sp³-hybridized carbons (Fsp3) is 0.0833. The van der Waals surface area contributed by atoms with Gasteiger partial charge in [0.25, 0.3) is 5.95 Å². The molecule has 0 amide bonds. The van der Waals surface area contributed by atoms with Crippen LogP contribution in [0.25, 0.3) is 0 Å². The van der Waals surface area contributed by atoms with Gasteiger partial charge in [0.1, 0.15) is 5.75 Å². The van der Waals surface area contributed by atoms with Crippen molar-refractivity contribution >= 4 is 27.4 Å². The summed E-state index contributed by atoms with van der Waals surface area (Å²) in [6.45, 7) is 0. The average Bonchev–Trinajstić information content (AvgIpc) is 2.38. The van der Waals surface area contributed by atoms with Gasteiger partial charge in [-0.25, -0.2) is 8.78 Å². The number of halogens is 4. The van der Waals surface area contributed by atoms with Crippen LogP contribution < -0.4 is 10.1 Å². The molecule has 3 nitrogen and oxygen atoms in total. The van der Waals surface area contributed by atoms with E-state index in [0.717, 1.165) is 0 Å². The molecule has 0 unspecified atom stereocenters. The van der Waals surface area contributed by atoms with E-state index in [2.05, 4.69) is 26.2 Å². The Bertz CT molecular complexity index is 622. The molecule has 7 heteroatoms. The topological polar surface area (TPSA) is 34.1 Å². The first-order valence-electron chi connectivity index (χ1n) is 5.13. The van der Waals surface area contributed by atoms with Crippen LogP contribution in [-0.4, -0.2) is 12.1 Å². The largest absolute Gasteiger partial charge is 0.495 e. The number of hydrogen-bond acceptors (Lipinski definition) is 3. The highest BCUT2D eigenvalue weighted by molar-refractivity contribution is 9.10. The molecule has 2 rings (SSSR count). The lowest BCUT2D eigenvalue weighted by molar-refractivity contribution is 0.412. The summed E-state index contributed by atoms with van der Waals surface area (Å²) < 4.78 is 44.9. The molecule has 2 aromatic rings. The van der Waals surface area contributed by atoms with Crippen molar-refractivity contribution in [2.24, 2.45) is 0 Å². The van der Waals surface area contributed by atoms with Gasteiger partial charge in [-0.3, -0.25) is 0 Å². The molecule has 0 aliphatic carbocycles. The van der Waals surface area contributed by atoms with Crippen molar-refractivity contribution in [1.29, 1.82) is 0 Å². The molecule has 0 saturated carbocycles. The van der Waals surface area contributed by atoms with E-state index in [9.17, 15) is 13.2 Å². The first-order valence-corrected chi connectivity index (χ1v) is 5.92. The molecule has 1 aromatic carbocycles. The summed E-state index contributed by atoms with van der Waals surface area (Å²) in [5.41, 5.74) is 0.428. The van der Waals surface area contributed by atoms with E-state index in [1.54, 1.807) is 18.2 Å². The number of aromatic nitrogens is 1. The van der Waals surface area contributed by atoms with Crippen LogP contribution in [0.2, 0.25) is 0 Å². The standard InChI is InChI=1S/C12H8BrF3N2O/c1-19-10-4-6(2-3-7(10)13)17-12-9(15)5-8(14)11(16)18-12/h2-5H,1H3,(H,17,18). The second-order valence-electron chi connectivity index (χ2n) is 3.57. The molecule has 1 aromatic heterocycles. The van der Waals surface area contributed by atoms with Gasteiger partial charge in [0.2, 0.25) is 0 Å². The van der Waals surface area contributed by atoms with Gasteiger partial charge in [-0.05, 0) is 28.1 Å². The van der Waals surface area contributed by atoms with Crippen LogP contribution in [0.15, 0.2) is 28.7 Å². The Morgan fingerprint density at radius 2 is 1.89 bits per heavy atom. The van der Waals surface area contributed by atoms with Crippen LogP contribution in [0.1, 0.15) is 0 Å². The Kier molecular flexibility index (Phi) is 3.94. The minimum absolute atomic E-state index is 0.400. The molecular formula is C12H8BrF3N2O. The predicted octanol–water partition coefficient (Wildman–Crippen LogP) is 4.01. The molecule has 0 saturated heterocycles. The molecule has 100 valence electrons. The van der Waals surface area contributed by atoms with Crippen molar-refractivity contribution < 1.29 is 17.9 Å². The van der Waals surface area contributed by atoms with Crippen LogP contribution in [0.3, 0.4) is 0 Å². The number of nitrogens with zero attached hydrogens (tertiary/aromatic N) is 1. The van der Waals surface area contributed by atoms with E-state index in [1.165, 1.54) is 7.11 Å². The quantitative estimate of drug-likeness (QED) is 0.862. The number of hydrogen-bond donors (Lipinski definition) is 1. The molecule has 1 heterocycles. The number of benzene rings is 1. The minimum atomic E-state index is -1.37. The SMILES string of the molecule is COc1cc(Nc2nc(F)c(F)cc2F)ccc1Br. The van der Waals surface area contributed by atoms with Gasteiger partial charge in [-0.15, -0.1) is 0 Å². The lowest BCUT2D eigenvalue weighted by Gasteiger charge is -2.09. The molecule has 19 heavy (non-hydrogen) atoms. The average molecular weight is 333 g/mol. The number of anilines is 2. The smallest absolute Gasteiger partial charge is 0.251 e. The van der Waals surface area contributed by atoms with Crippen molar-refractivity contribution in [2.75, 3.05) is 12.4 Å². The number of ether oxygens (including phenoxy) is 1. The maximum Gasteiger partial charge on any atom is 0.251 e. The molecule has 0 aliphatic heterocycles. The number of methoxy groups -OCH3 is 1. The molecule has 0 fully saturated rings. The predicted molar refractivity (Wildman–Crippen MR) is 68.1 cm³/mol. The Hall–Kier alpha value is -1.76. The van der Waals surface area contributed by atoms with Crippen LogP contribution in [0, 0.1) is 17.6 Å². The van der Waals surface area contributed by atoms with Crippen LogP contribution >= 0.6 is 15.9 Å². The zero-order chi connectivity index (χ0) is 14.0. The van der Waals surface area contributed by atoms with Crippen molar-refractivity contribution in [3.63, 3.8) is 0 Å². The lowest BCUT2D eigenvalue weighted by atomic mass is 10.3. The van der Waals surface area contributed by atoms with Gasteiger partial charge in [0.05, 0.1) is 11.6 Å². The van der Waals surface area contributed by atoms with Gasteiger partial charge in [0, 0.05) is 17.8 Å². The summed E-state index contributed by atoms with van der Waals surface area (Å²) in [5.74, 6) is -3.58. The Morgan fingerprint density at radius 3 is 2.58 bits per heavy atom. The normalized spacial score (nSPS) is 10.4. The maximum atomic E-state index is 13.4. The zero-order valence-electron chi connectivity index (χ0n) is 9.68. The Morgan fingerprint density at radius 1 is 1.16 bits per heavy atom. The molecule has 0 aliphatic rings. The minimum Gasteiger partial charge on any atom is -0.495 e. The van der Waals surface area contributed by atoms with Crippen molar-refractivity contribution in [1.82, 2.24) is 4.98 Å². The van der Waals surface area contributed by atoms with Gasteiger partial charge in [0.15, 0.2) is 17.5 Å². The summed E-state index contributed by atoms with van der Waals surface area (Å²) in [5, 5.41) is 2.55. The first kappa shape index (κ1) is 13.7. The summed E-state index contributed by atoms with van der Waals surface area (Å²) in [7, 11) is 1.47. The van der Waals surface area contributed by atoms with Gasteiger partial charge in [-0.2, -0.15) is 9.37 Å². The van der Waals surface area contributed by atoms with Gasteiger partial charge < -0.3 is 10.1 Å². The van der Waals surface area contributed by atoms with Crippen molar-refractivity contribution in [2.45, 2.75) is 0 Å². The van der Waals surface area contributed by atoms with E-state index in [-0.39, 0.29) is 0 Å². The number of pyridine rings is 1. The third-order valence-electron chi connectivity index (χ3n) is 2.30. The number of nitrogens with one attached hydrogen (secondary N) is 1. The van der Waals surface area contributed by atoms with E-state index in [4.69, 9.17) is 4.74 Å². The van der Waals surface area contributed by atoms with E-state index in [0.29, 0.717) is 22.0 Å². The van der Waals surface area contributed by atoms with Crippen LogP contribution in [0.5, 0.6) is 5.75 Å². The monoisotopic (exact) mass is 332 g/mol. The Balaban J connectivity index is 2.33. The third-order valence-corrected chi connectivity index (χ3v) is 2.96. The number of rotatable bonds is 3. The second-order valence-corrected chi connectivity index (χ2v) is 4.42. The molecular weight excluding hydrogens is 325 g/mol. The summed E-state index contributed by atoms with van der Waals surface area (Å²) in [4.78, 5) is 3.17. The van der Waals surface area contributed by atoms with Crippen molar-refractivity contribution in [3.05, 3.63) is 46.3 Å². The van der Waals surface area contributed by atoms with Crippen molar-refractivity contribution in [3.8, 4) is 5.75 Å². The fourth-order valence-corrected chi connectivity index (χ4v) is 1.81. The molecule has 0 spiro atoms. The lowest BCUT2D eigenvalue weighted by Crippen LogP contribution is -2.01. The Labute approximate surface area is 115 Å². The molecule has 0 radical (unpaired) electrons. The third kappa shape index (κ3) is 2.98. The van der Waals surface area contributed by atoms with E-state index in [1.807, 2.05) is 0 Å². The fourth-order valence-electron chi connectivity index (χ4n) is 1.41. The summed E-state index contributed by atoms with van der Waals surface area (Å²) in [6, 6.07) is 5.27.